The Labute approximate surface area is 234 Å². The summed E-state index contributed by atoms with van der Waals surface area (Å²) < 4.78 is 39.8. The molecule has 0 saturated carbocycles. The molecule has 0 aliphatic carbocycles. The van der Waals surface area contributed by atoms with Gasteiger partial charge < -0.3 is 19.7 Å². The molecule has 3 rings (SSSR count). The fraction of sp³-hybridized carbons (Fsp3) is 0.286. The van der Waals surface area contributed by atoms with Gasteiger partial charge >= 0.3 is 0 Å². The van der Waals surface area contributed by atoms with E-state index in [4.69, 9.17) is 21.1 Å². The van der Waals surface area contributed by atoms with E-state index in [1.54, 1.807) is 62.4 Å². The Morgan fingerprint density at radius 1 is 1.03 bits per heavy atom. The molecule has 3 aromatic rings. The third kappa shape index (κ3) is 7.21. The number of hydrogen-bond acceptors (Lipinski definition) is 6. The topological polar surface area (TPSA) is 105 Å². The molecule has 0 radical (unpaired) electrons. The molecule has 3 aromatic carbocycles. The highest BCUT2D eigenvalue weighted by Crippen LogP contribution is 2.33. The smallest absolute Gasteiger partial charge is 0.264 e. The number of amides is 2. The third-order valence-electron chi connectivity index (χ3n) is 6.02. The number of carbonyl (C=O) groups excluding carboxylic acids is 2. The van der Waals surface area contributed by atoms with Crippen LogP contribution in [-0.4, -0.2) is 58.5 Å². The maximum absolute atomic E-state index is 13.9. The number of carbonyl (C=O) groups is 2. The highest BCUT2D eigenvalue weighted by molar-refractivity contribution is 7.92. The second-order valence-corrected chi connectivity index (χ2v) is 10.8. The van der Waals surface area contributed by atoms with Gasteiger partial charge in [0.2, 0.25) is 11.8 Å². The molecule has 2 amide bonds. The first-order chi connectivity index (χ1) is 18.6. The molecule has 0 heterocycles. The van der Waals surface area contributed by atoms with Crippen molar-refractivity contribution in [2.75, 3.05) is 31.6 Å². The predicted molar refractivity (Wildman–Crippen MR) is 151 cm³/mol. The monoisotopic (exact) mass is 573 g/mol. The number of benzene rings is 3. The summed E-state index contributed by atoms with van der Waals surface area (Å²) in [5, 5.41) is 2.93. The first kappa shape index (κ1) is 29.8. The summed E-state index contributed by atoms with van der Waals surface area (Å²) in [4.78, 5) is 27.8. The average Bonchev–Trinajstić information content (AvgIpc) is 2.94. The standard InChI is InChI=1S/C28H32ClN3O6S/c1-5-38-26-12-7-6-11-25(26)32(39(35,36)24-15-13-22(29)14-16-24)19-27(33)31(20(2)28(34)30-3)18-21-9-8-10-23(17-21)37-4/h6-17,20H,5,18-19H2,1-4H3,(H,30,34)/t20-/m0/s1. The second-order valence-electron chi connectivity index (χ2n) is 8.53. The SMILES string of the molecule is CCOc1ccccc1N(CC(=O)N(Cc1cccc(OC)c1)[C@@H](C)C(=O)NC)S(=O)(=O)c1ccc(Cl)cc1. The zero-order valence-electron chi connectivity index (χ0n) is 22.3. The molecule has 11 heteroatoms. The minimum absolute atomic E-state index is 0.0482. The molecule has 0 aliphatic rings. The lowest BCUT2D eigenvalue weighted by atomic mass is 10.1. The number of nitrogens with zero attached hydrogens (tertiary/aromatic N) is 2. The summed E-state index contributed by atoms with van der Waals surface area (Å²) in [7, 11) is -1.24. The van der Waals surface area contributed by atoms with Crippen LogP contribution in [0.25, 0.3) is 0 Å². The largest absolute Gasteiger partial charge is 0.497 e. The minimum Gasteiger partial charge on any atom is -0.497 e. The predicted octanol–water partition coefficient (Wildman–Crippen LogP) is 4.11. The quantitative estimate of drug-likeness (QED) is 0.350. The fourth-order valence-corrected chi connectivity index (χ4v) is 5.50. The van der Waals surface area contributed by atoms with E-state index >= 15 is 0 Å². The van der Waals surface area contributed by atoms with Crippen LogP contribution >= 0.6 is 11.6 Å². The lowest BCUT2D eigenvalue weighted by Gasteiger charge is -2.32. The van der Waals surface area contributed by atoms with Gasteiger partial charge in [-0.3, -0.25) is 13.9 Å². The Morgan fingerprint density at radius 3 is 2.36 bits per heavy atom. The molecule has 9 nitrogen and oxygen atoms in total. The number of para-hydroxylation sites is 2. The average molecular weight is 574 g/mol. The molecule has 0 spiro atoms. The van der Waals surface area contributed by atoms with E-state index in [0.29, 0.717) is 22.1 Å². The van der Waals surface area contributed by atoms with Crippen molar-refractivity contribution < 1.29 is 27.5 Å². The van der Waals surface area contributed by atoms with Crippen molar-refractivity contribution in [3.05, 3.63) is 83.4 Å². The van der Waals surface area contributed by atoms with Crippen molar-refractivity contribution in [3.63, 3.8) is 0 Å². The first-order valence-corrected chi connectivity index (χ1v) is 14.1. The van der Waals surface area contributed by atoms with E-state index in [0.717, 1.165) is 4.31 Å². The van der Waals surface area contributed by atoms with Gasteiger partial charge in [-0.15, -0.1) is 0 Å². The summed E-state index contributed by atoms with van der Waals surface area (Å²) in [5.41, 5.74) is 0.900. The van der Waals surface area contributed by atoms with Gasteiger partial charge in [-0.1, -0.05) is 35.9 Å². The number of halogens is 1. The highest BCUT2D eigenvalue weighted by Gasteiger charge is 2.33. The van der Waals surface area contributed by atoms with Crippen LogP contribution in [0.15, 0.2) is 77.7 Å². The number of hydrogen-bond donors (Lipinski definition) is 1. The van der Waals surface area contributed by atoms with Crippen molar-refractivity contribution in [1.82, 2.24) is 10.2 Å². The zero-order chi connectivity index (χ0) is 28.6. The summed E-state index contributed by atoms with van der Waals surface area (Å²) >= 11 is 5.99. The number of rotatable bonds is 12. The van der Waals surface area contributed by atoms with E-state index < -0.39 is 34.4 Å². The summed E-state index contributed by atoms with van der Waals surface area (Å²) in [6.45, 7) is 3.12. The Balaban J connectivity index is 2.08. The van der Waals surface area contributed by atoms with Crippen molar-refractivity contribution in [2.45, 2.75) is 31.3 Å². The molecular formula is C28H32ClN3O6S. The lowest BCUT2D eigenvalue weighted by molar-refractivity contribution is -0.139. The van der Waals surface area contributed by atoms with Crippen molar-refractivity contribution in [3.8, 4) is 11.5 Å². The van der Waals surface area contributed by atoms with Gasteiger partial charge in [-0.25, -0.2) is 8.42 Å². The van der Waals surface area contributed by atoms with Gasteiger partial charge in [0.1, 0.15) is 24.1 Å². The summed E-state index contributed by atoms with van der Waals surface area (Å²) in [6, 6.07) is 18.5. The van der Waals surface area contributed by atoms with E-state index in [1.807, 2.05) is 0 Å². The highest BCUT2D eigenvalue weighted by atomic mass is 35.5. The Hall–Kier alpha value is -3.76. The first-order valence-electron chi connectivity index (χ1n) is 12.3. The molecule has 0 saturated heterocycles. The fourth-order valence-electron chi connectivity index (χ4n) is 3.95. The van der Waals surface area contributed by atoms with Crippen LogP contribution in [0.4, 0.5) is 5.69 Å². The van der Waals surface area contributed by atoms with Gasteiger partial charge in [-0.2, -0.15) is 0 Å². The Bertz CT molecular complexity index is 1400. The van der Waals surface area contributed by atoms with Crippen LogP contribution in [0, 0.1) is 0 Å². The van der Waals surface area contributed by atoms with E-state index in [2.05, 4.69) is 5.32 Å². The maximum Gasteiger partial charge on any atom is 0.264 e. The number of sulfonamides is 1. The van der Waals surface area contributed by atoms with Gasteiger partial charge in [-0.05, 0) is 67.9 Å². The van der Waals surface area contributed by atoms with Crippen LogP contribution in [0.3, 0.4) is 0 Å². The van der Waals surface area contributed by atoms with Gasteiger partial charge in [0, 0.05) is 18.6 Å². The normalized spacial score (nSPS) is 11.8. The zero-order valence-corrected chi connectivity index (χ0v) is 23.8. The van der Waals surface area contributed by atoms with E-state index in [9.17, 15) is 18.0 Å². The van der Waals surface area contributed by atoms with Gasteiger partial charge in [0.25, 0.3) is 10.0 Å². The molecule has 0 aromatic heterocycles. The third-order valence-corrected chi connectivity index (χ3v) is 8.04. The number of methoxy groups -OCH3 is 1. The molecule has 0 bridgehead atoms. The van der Waals surface area contributed by atoms with E-state index in [1.165, 1.54) is 43.3 Å². The maximum atomic E-state index is 13.9. The van der Waals surface area contributed by atoms with Crippen molar-refractivity contribution in [1.29, 1.82) is 0 Å². The number of nitrogens with one attached hydrogen (secondary N) is 1. The number of likely N-dealkylation sites (N-methyl/N-ethyl adjacent to an activating group) is 1. The van der Waals surface area contributed by atoms with Crippen molar-refractivity contribution >= 4 is 39.1 Å². The van der Waals surface area contributed by atoms with Gasteiger partial charge in [0.15, 0.2) is 0 Å². The molecule has 39 heavy (non-hydrogen) atoms. The molecule has 0 unspecified atom stereocenters. The molecule has 1 atom stereocenters. The van der Waals surface area contributed by atoms with Crippen molar-refractivity contribution in [2.24, 2.45) is 0 Å². The van der Waals surface area contributed by atoms with Crippen LogP contribution < -0.4 is 19.1 Å². The summed E-state index contributed by atoms with van der Waals surface area (Å²) in [6.07, 6.45) is 0. The lowest BCUT2D eigenvalue weighted by Crippen LogP contribution is -2.50. The molecule has 0 aliphatic heterocycles. The van der Waals surface area contributed by atoms with E-state index in [-0.39, 0.29) is 23.7 Å². The van der Waals surface area contributed by atoms with Crippen LogP contribution in [0.2, 0.25) is 5.02 Å². The molecule has 1 N–H and O–H groups in total. The van der Waals surface area contributed by atoms with Gasteiger partial charge in [0.05, 0.1) is 24.3 Å². The van der Waals surface area contributed by atoms with Crippen LogP contribution in [0.1, 0.15) is 19.4 Å². The molecular weight excluding hydrogens is 542 g/mol. The molecule has 208 valence electrons. The van der Waals surface area contributed by atoms with Crippen LogP contribution in [-0.2, 0) is 26.2 Å². The Morgan fingerprint density at radius 2 is 1.72 bits per heavy atom. The Kier molecular flexibility index (Phi) is 10.2. The molecule has 0 fully saturated rings. The number of anilines is 1. The summed E-state index contributed by atoms with van der Waals surface area (Å²) in [5.74, 6) is -0.0973. The second kappa shape index (κ2) is 13.3. The number of ether oxygens (including phenoxy) is 2. The van der Waals surface area contributed by atoms with Crippen LogP contribution in [0.5, 0.6) is 11.5 Å². The minimum atomic E-state index is -4.25.